The van der Waals surface area contributed by atoms with Crippen molar-refractivity contribution in [1.82, 2.24) is 0 Å². The normalized spacial score (nSPS) is 17.7. The number of benzene rings is 1. The molecule has 0 heterocycles. The van der Waals surface area contributed by atoms with Crippen molar-refractivity contribution in [2.45, 2.75) is 38.5 Å². The lowest BCUT2D eigenvalue weighted by Gasteiger charge is -2.15. The van der Waals surface area contributed by atoms with Gasteiger partial charge >= 0.3 is 0 Å². The molecule has 2 heteroatoms. The van der Waals surface area contributed by atoms with Crippen molar-refractivity contribution in [3.63, 3.8) is 0 Å². The van der Waals surface area contributed by atoms with E-state index in [4.69, 9.17) is 0 Å². The number of anilines is 1. The highest BCUT2D eigenvalue weighted by molar-refractivity contribution is 5.66. The van der Waals surface area contributed by atoms with E-state index >= 15 is 0 Å². The van der Waals surface area contributed by atoms with E-state index < -0.39 is 0 Å². The minimum atomic E-state index is 0.119. The molecule has 0 fully saturated rings. The fraction of sp³-hybridized carbons (Fsp3) is 0.538. The first-order chi connectivity index (χ1) is 7.33. The topological polar surface area (TPSA) is 12.0 Å². The monoisotopic (exact) mass is 205 g/mol. The third-order valence-electron chi connectivity index (χ3n) is 3.82. The standard InChI is InChI=1S/C13H16FN/c1-15-13-10-6-2-4-8(10)12(14)9-5-3-7-11(9)13/h15H,2-7H2,1H3. The van der Waals surface area contributed by atoms with Crippen LogP contribution in [0.3, 0.4) is 0 Å². The van der Waals surface area contributed by atoms with Crippen molar-refractivity contribution < 1.29 is 4.39 Å². The summed E-state index contributed by atoms with van der Waals surface area (Å²) in [7, 11) is 1.96. The lowest BCUT2D eigenvalue weighted by Crippen LogP contribution is -2.04. The molecular formula is C13H16FN. The minimum Gasteiger partial charge on any atom is -0.388 e. The van der Waals surface area contributed by atoms with Crippen LogP contribution in [0.4, 0.5) is 10.1 Å². The zero-order valence-electron chi connectivity index (χ0n) is 9.12. The van der Waals surface area contributed by atoms with E-state index in [0.717, 1.165) is 49.7 Å². The molecule has 80 valence electrons. The summed E-state index contributed by atoms with van der Waals surface area (Å²) in [4.78, 5) is 0. The molecule has 0 saturated heterocycles. The van der Waals surface area contributed by atoms with Crippen LogP contribution >= 0.6 is 0 Å². The molecule has 15 heavy (non-hydrogen) atoms. The molecule has 2 aliphatic rings. The Kier molecular flexibility index (Phi) is 1.98. The molecule has 0 saturated carbocycles. The fourth-order valence-corrected chi connectivity index (χ4v) is 3.19. The smallest absolute Gasteiger partial charge is 0.130 e. The van der Waals surface area contributed by atoms with Crippen molar-refractivity contribution in [2.75, 3.05) is 12.4 Å². The lowest BCUT2D eigenvalue weighted by atomic mass is 9.98. The third kappa shape index (κ3) is 1.14. The first-order valence-corrected chi connectivity index (χ1v) is 5.85. The van der Waals surface area contributed by atoms with Crippen molar-refractivity contribution >= 4 is 5.69 Å². The highest BCUT2D eigenvalue weighted by Crippen LogP contribution is 2.40. The van der Waals surface area contributed by atoms with Crippen LogP contribution in [0.1, 0.15) is 35.1 Å². The molecule has 1 aromatic rings. The molecule has 2 aliphatic carbocycles. The van der Waals surface area contributed by atoms with Crippen LogP contribution in [0, 0.1) is 5.82 Å². The first-order valence-electron chi connectivity index (χ1n) is 5.85. The molecule has 0 aromatic heterocycles. The van der Waals surface area contributed by atoms with Gasteiger partial charge in [-0.2, -0.15) is 0 Å². The summed E-state index contributed by atoms with van der Waals surface area (Å²) in [6.45, 7) is 0. The van der Waals surface area contributed by atoms with E-state index in [9.17, 15) is 4.39 Å². The van der Waals surface area contributed by atoms with E-state index in [2.05, 4.69) is 5.32 Å². The van der Waals surface area contributed by atoms with E-state index in [1.807, 2.05) is 7.05 Å². The second-order valence-electron chi connectivity index (χ2n) is 4.56. The third-order valence-corrected chi connectivity index (χ3v) is 3.82. The van der Waals surface area contributed by atoms with Crippen LogP contribution in [-0.4, -0.2) is 7.05 Å². The van der Waals surface area contributed by atoms with Gasteiger partial charge in [0.05, 0.1) is 0 Å². The van der Waals surface area contributed by atoms with Gasteiger partial charge < -0.3 is 5.32 Å². The number of hydrogen-bond donors (Lipinski definition) is 1. The van der Waals surface area contributed by atoms with Crippen LogP contribution in [-0.2, 0) is 25.7 Å². The Bertz CT molecular complexity index is 388. The van der Waals surface area contributed by atoms with Gasteiger partial charge in [0, 0.05) is 12.7 Å². The molecule has 1 N–H and O–H groups in total. The summed E-state index contributed by atoms with van der Waals surface area (Å²) >= 11 is 0. The van der Waals surface area contributed by atoms with Crippen LogP contribution in [0.2, 0.25) is 0 Å². The Morgan fingerprint density at radius 1 is 0.867 bits per heavy atom. The number of halogens is 1. The molecular weight excluding hydrogens is 189 g/mol. The van der Waals surface area contributed by atoms with Gasteiger partial charge in [0.1, 0.15) is 5.82 Å². The van der Waals surface area contributed by atoms with Crippen molar-refractivity contribution in [1.29, 1.82) is 0 Å². The van der Waals surface area contributed by atoms with Crippen molar-refractivity contribution in [2.24, 2.45) is 0 Å². The quantitative estimate of drug-likeness (QED) is 0.743. The maximum Gasteiger partial charge on any atom is 0.130 e. The van der Waals surface area contributed by atoms with Gasteiger partial charge in [-0.05, 0) is 60.8 Å². The second-order valence-corrected chi connectivity index (χ2v) is 4.56. The van der Waals surface area contributed by atoms with Crippen LogP contribution in [0.25, 0.3) is 0 Å². The number of nitrogens with one attached hydrogen (secondary N) is 1. The highest BCUT2D eigenvalue weighted by atomic mass is 19.1. The zero-order chi connectivity index (χ0) is 10.4. The Balaban J connectivity index is 2.31. The largest absolute Gasteiger partial charge is 0.388 e. The van der Waals surface area contributed by atoms with Gasteiger partial charge in [-0.25, -0.2) is 4.39 Å². The van der Waals surface area contributed by atoms with Gasteiger partial charge in [0.2, 0.25) is 0 Å². The van der Waals surface area contributed by atoms with Gasteiger partial charge in [-0.1, -0.05) is 0 Å². The molecule has 0 amide bonds. The lowest BCUT2D eigenvalue weighted by molar-refractivity contribution is 0.598. The maximum atomic E-state index is 14.2. The molecule has 3 rings (SSSR count). The molecule has 0 atom stereocenters. The predicted molar refractivity (Wildman–Crippen MR) is 60.0 cm³/mol. The molecule has 0 aliphatic heterocycles. The SMILES string of the molecule is CNc1c2c(c(F)c3c1CCC3)CCC2. The molecule has 1 nitrogen and oxygen atoms in total. The molecule has 0 unspecified atom stereocenters. The Morgan fingerprint density at radius 2 is 1.33 bits per heavy atom. The van der Waals surface area contributed by atoms with Crippen molar-refractivity contribution in [3.8, 4) is 0 Å². The Hall–Kier alpha value is -1.05. The summed E-state index contributed by atoms with van der Waals surface area (Å²) in [5.41, 5.74) is 5.77. The van der Waals surface area contributed by atoms with E-state index in [-0.39, 0.29) is 5.82 Å². The maximum absolute atomic E-state index is 14.2. The van der Waals surface area contributed by atoms with Crippen LogP contribution < -0.4 is 5.32 Å². The van der Waals surface area contributed by atoms with Gasteiger partial charge in [0.25, 0.3) is 0 Å². The van der Waals surface area contributed by atoms with Crippen LogP contribution in [0.15, 0.2) is 0 Å². The molecule has 0 spiro atoms. The molecule has 1 aromatic carbocycles. The molecule has 0 radical (unpaired) electrons. The number of fused-ring (bicyclic) bond motifs is 2. The minimum absolute atomic E-state index is 0.119. The highest BCUT2D eigenvalue weighted by Gasteiger charge is 2.28. The summed E-state index contributed by atoms with van der Waals surface area (Å²) in [5.74, 6) is 0.119. The van der Waals surface area contributed by atoms with Gasteiger partial charge in [-0.15, -0.1) is 0 Å². The van der Waals surface area contributed by atoms with Crippen LogP contribution in [0.5, 0.6) is 0 Å². The molecule has 0 bridgehead atoms. The Labute approximate surface area is 89.7 Å². The summed E-state index contributed by atoms with van der Waals surface area (Å²) in [6, 6.07) is 0. The van der Waals surface area contributed by atoms with E-state index in [0.29, 0.717) is 0 Å². The summed E-state index contributed by atoms with van der Waals surface area (Å²) < 4.78 is 14.2. The Morgan fingerprint density at radius 3 is 1.80 bits per heavy atom. The number of rotatable bonds is 1. The first kappa shape index (κ1) is 9.20. The van der Waals surface area contributed by atoms with E-state index in [1.54, 1.807) is 0 Å². The second kappa shape index (κ2) is 3.22. The fourth-order valence-electron chi connectivity index (χ4n) is 3.19. The average molecular weight is 205 g/mol. The van der Waals surface area contributed by atoms with Gasteiger partial charge in [-0.3, -0.25) is 0 Å². The van der Waals surface area contributed by atoms with E-state index in [1.165, 1.54) is 16.8 Å². The number of hydrogen-bond acceptors (Lipinski definition) is 1. The zero-order valence-corrected chi connectivity index (χ0v) is 9.12. The summed E-state index contributed by atoms with van der Waals surface area (Å²) in [6.07, 6.45) is 6.20. The predicted octanol–water partition coefficient (Wildman–Crippen LogP) is 2.84. The summed E-state index contributed by atoms with van der Waals surface area (Å²) in [5, 5.41) is 3.29. The van der Waals surface area contributed by atoms with Crippen molar-refractivity contribution in [3.05, 3.63) is 28.1 Å². The van der Waals surface area contributed by atoms with Gasteiger partial charge in [0.15, 0.2) is 0 Å². The average Bonchev–Trinajstić information content (AvgIpc) is 2.85.